The molecule has 1 amide bonds. The Bertz CT molecular complexity index is 1180. The van der Waals surface area contributed by atoms with Crippen LogP contribution in [0.1, 0.15) is 10.4 Å². The van der Waals surface area contributed by atoms with Crippen molar-refractivity contribution in [2.45, 2.75) is 0 Å². The first-order valence-corrected chi connectivity index (χ1v) is 10.2. The molecule has 0 aliphatic heterocycles. The smallest absolute Gasteiger partial charge is 0.321 e. The number of carbonyl (C=O) groups is 1. The number of nitrogens with zero attached hydrogens (tertiary/aromatic N) is 2. The van der Waals surface area contributed by atoms with Crippen LogP contribution in [0, 0.1) is 0 Å². The number of benzene rings is 3. The molecular weight excluding hydrogens is 458 g/mol. The summed E-state index contributed by atoms with van der Waals surface area (Å²) in [5.74, 6) is 1.11. The first kappa shape index (κ1) is 20.6. The van der Waals surface area contributed by atoms with Gasteiger partial charge in [-0.15, -0.1) is 0 Å². The maximum Gasteiger partial charge on any atom is 0.321 e. The van der Waals surface area contributed by atoms with E-state index in [1.807, 2.05) is 48.5 Å². The molecule has 4 aromatic rings. The number of hydrogen-bond donors (Lipinski definition) is 1. The lowest BCUT2D eigenvalue weighted by atomic mass is 10.1. The van der Waals surface area contributed by atoms with E-state index in [-0.39, 0.29) is 11.9 Å². The van der Waals surface area contributed by atoms with Gasteiger partial charge in [-0.3, -0.25) is 4.79 Å². The van der Waals surface area contributed by atoms with Crippen LogP contribution in [-0.4, -0.2) is 23.0 Å². The summed E-state index contributed by atoms with van der Waals surface area (Å²) in [6.07, 6.45) is 3.36. The number of hydrogen-bond acceptors (Lipinski definition) is 5. The highest BCUT2D eigenvalue weighted by Crippen LogP contribution is 2.24. The molecule has 0 atom stereocenters. The van der Waals surface area contributed by atoms with Crippen molar-refractivity contribution in [2.75, 3.05) is 12.4 Å². The Balaban J connectivity index is 1.42. The summed E-state index contributed by atoms with van der Waals surface area (Å²) in [4.78, 5) is 21.0. The number of methoxy groups -OCH3 is 1. The van der Waals surface area contributed by atoms with E-state index in [9.17, 15) is 4.79 Å². The zero-order valence-electron chi connectivity index (χ0n) is 16.6. The number of nitrogens with one attached hydrogen (secondary N) is 1. The average Bonchev–Trinajstić information content (AvgIpc) is 2.81. The maximum atomic E-state index is 12.4. The van der Waals surface area contributed by atoms with Crippen LogP contribution in [0.5, 0.6) is 17.5 Å². The molecule has 0 saturated carbocycles. The summed E-state index contributed by atoms with van der Waals surface area (Å²) in [5.41, 5.74) is 3.01. The normalized spacial score (nSPS) is 10.4. The van der Waals surface area contributed by atoms with Crippen molar-refractivity contribution in [2.24, 2.45) is 0 Å². The predicted octanol–water partition coefficient (Wildman–Crippen LogP) is 5.96. The number of ether oxygens (including phenoxy) is 2. The van der Waals surface area contributed by atoms with E-state index in [1.165, 1.54) is 0 Å². The van der Waals surface area contributed by atoms with Crippen molar-refractivity contribution < 1.29 is 14.3 Å². The Morgan fingerprint density at radius 3 is 2.23 bits per heavy atom. The van der Waals surface area contributed by atoms with Gasteiger partial charge in [-0.2, -0.15) is 0 Å². The van der Waals surface area contributed by atoms with Crippen LogP contribution in [-0.2, 0) is 0 Å². The molecule has 1 N–H and O–H groups in total. The number of halogens is 1. The van der Waals surface area contributed by atoms with Gasteiger partial charge in [0.15, 0.2) is 0 Å². The maximum absolute atomic E-state index is 12.4. The first-order chi connectivity index (χ1) is 15.1. The Kier molecular flexibility index (Phi) is 6.24. The third kappa shape index (κ3) is 5.26. The summed E-state index contributed by atoms with van der Waals surface area (Å²) in [6.45, 7) is 0. The molecule has 1 aromatic heterocycles. The number of anilines is 1. The molecule has 7 heteroatoms. The van der Waals surface area contributed by atoms with Crippen LogP contribution >= 0.6 is 15.9 Å². The van der Waals surface area contributed by atoms with E-state index < -0.39 is 0 Å². The first-order valence-electron chi connectivity index (χ1n) is 9.42. The number of aromatic nitrogens is 2. The summed E-state index contributed by atoms with van der Waals surface area (Å²) >= 11 is 3.38. The fourth-order valence-corrected chi connectivity index (χ4v) is 3.10. The minimum absolute atomic E-state index is 0.174. The third-order valence-corrected chi connectivity index (χ3v) is 4.99. The van der Waals surface area contributed by atoms with E-state index in [1.54, 1.807) is 43.8 Å². The summed E-state index contributed by atoms with van der Waals surface area (Å²) in [6, 6.07) is 22.1. The van der Waals surface area contributed by atoms with Gasteiger partial charge in [-0.05, 0) is 54.1 Å². The van der Waals surface area contributed by atoms with Gasteiger partial charge in [-0.1, -0.05) is 34.1 Å². The largest absolute Gasteiger partial charge is 0.497 e. The lowest BCUT2D eigenvalue weighted by Gasteiger charge is -2.08. The zero-order chi connectivity index (χ0) is 21.6. The van der Waals surface area contributed by atoms with E-state index in [0.29, 0.717) is 17.1 Å². The monoisotopic (exact) mass is 475 g/mol. The molecule has 0 aliphatic rings. The van der Waals surface area contributed by atoms with Crippen molar-refractivity contribution in [1.82, 2.24) is 9.97 Å². The molecule has 3 aromatic carbocycles. The molecule has 31 heavy (non-hydrogen) atoms. The second-order valence-electron chi connectivity index (χ2n) is 6.57. The topological polar surface area (TPSA) is 73.3 Å². The highest BCUT2D eigenvalue weighted by atomic mass is 79.9. The fraction of sp³-hybridized carbons (Fsp3) is 0.0417. The Labute approximate surface area is 188 Å². The van der Waals surface area contributed by atoms with Crippen LogP contribution < -0.4 is 14.8 Å². The predicted molar refractivity (Wildman–Crippen MR) is 123 cm³/mol. The molecule has 0 aliphatic carbocycles. The lowest BCUT2D eigenvalue weighted by molar-refractivity contribution is 0.102. The summed E-state index contributed by atoms with van der Waals surface area (Å²) < 4.78 is 11.8. The van der Waals surface area contributed by atoms with Crippen LogP contribution in [0.25, 0.3) is 11.1 Å². The second-order valence-corrected chi connectivity index (χ2v) is 7.49. The van der Waals surface area contributed by atoms with Gasteiger partial charge in [0.2, 0.25) is 0 Å². The number of carbonyl (C=O) groups excluding carboxylic acids is 1. The van der Waals surface area contributed by atoms with Gasteiger partial charge in [0.05, 0.1) is 7.11 Å². The Morgan fingerprint density at radius 1 is 0.871 bits per heavy atom. The number of amides is 1. The van der Waals surface area contributed by atoms with Crippen LogP contribution in [0.15, 0.2) is 89.7 Å². The molecule has 0 bridgehead atoms. The second kappa shape index (κ2) is 9.40. The molecule has 0 unspecified atom stereocenters. The molecule has 4 rings (SSSR count). The molecule has 0 radical (unpaired) electrons. The minimum atomic E-state index is -0.174. The zero-order valence-corrected chi connectivity index (χ0v) is 18.2. The van der Waals surface area contributed by atoms with Gasteiger partial charge < -0.3 is 14.8 Å². The van der Waals surface area contributed by atoms with Gasteiger partial charge in [0.25, 0.3) is 5.91 Å². The Hall–Kier alpha value is -3.71. The average molecular weight is 476 g/mol. The SMILES string of the molecule is COc1cccc(Oc2ncc(-c3ccc(C(=O)Nc4ccc(Br)cc4)cc3)cn2)c1. The Morgan fingerprint density at radius 2 is 1.55 bits per heavy atom. The van der Waals surface area contributed by atoms with E-state index in [4.69, 9.17) is 9.47 Å². The molecule has 154 valence electrons. The molecule has 0 spiro atoms. The molecule has 0 fully saturated rings. The minimum Gasteiger partial charge on any atom is -0.497 e. The number of rotatable bonds is 6. The fourth-order valence-electron chi connectivity index (χ4n) is 2.84. The van der Waals surface area contributed by atoms with Crippen LogP contribution in [0.3, 0.4) is 0 Å². The van der Waals surface area contributed by atoms with E-state index >= 15 is 0 Å². The van der Waals surface area contributed by atoms with Gasteiger partial charge in [0.1, 0.15) is 11.5 Å². The molecule has 0 saturated heterocycles. The van der Waals surface area contributed by atoms with Crippen molar-refractivity contribution in [3.8, 4) is 28.6 Å². The van der Waals surface area contributed by atoms with Crippen molar-refractivity contribution >= 4 is 27.5 Å². The van der Waals surface area contributed by atoms with Crippen molar-refractivity contribution in [3.63, 3.8) is 0 Å². The lowest BCUT2D eigenvalue weighted by Crippen LogP contribution is -2.11. The van der Waals surface area contributed by atoms with Crippen LogP contribution in [0.2, 0.25) is 0 Å². The van der Waals surface area contributed by atoms with Gasteiger partial charge in [-0.25, -0.2) is 9.97 Å². The highest BCUT2D eigenvalue weighted by molar-refractivity contribution is 9.10. The highest BCUT2D eigenvalue weighted by Gasteiger charge is 2.08. The van der Waals surface area contributed by atoms with Gasteiger partial charge >= 0.3 is 6.01 Å². The quantitative estimate of drug-likeness (QED) is 0.372. The van der Waals surface area contributed by atoms with E-state index in [0.717, 1.165) is 21.3 Å². The van der Waals surface area contributed by atoms with Gasteiger partial charge in [0, 0.05) is 39.7 Å². The van der Waals surface area contributed by atoms with Crippen LogP contribution in [0.4, 0.5) is 5.69 Å². The molecule has 1 heterocycles. The standard InChI is InChI=1S/C24H18BrN3O3/c1-30-21-3-2-4-22(13-21)31-24-26-14-18(15-27-24)16-5-7-17(8-6-16)23(29)28-20-11-9-19(25)10-12-20/h2-15H,1H3,(H,28,29). The molecule has 6 nitrogen and oxygen atoms in total. The van der Waals surface area contributed by atoms with Crippen molar-refractivity contribution in [3.05, 3.63) is 95.2 Å². The van der Waals surface area contributed by atoms with Crippen molar-refractivity contribution in [1.29, 1.82) is 0 Å². The van der Waals surface area contributed by atoms with E-state index in [2.05, 4.69) is 31.2 Å². The summed E-state index contributed by atoms with van der Waals surface area (Å²) in [7, 11) is 1.60. The summed E-state index contributed by atoms with van der Waals surface area (Å²) in [5, 5.41) is 2.87. The molecular formula is C24H18BrN3O3. The third-order valence-electron chi connectivity index (χ3n) is 4.46.